The summed E-state index contributed by atoms with van der Waals surface area (Å²) in [6.45, 7) is 4.78. The molecule has 0 aliphatic carbocycles. The molecule has 5 nitrogen and oxygen atoms in total. The monoisotopic (exact) mass is 482 g/mol. The van der Waals surface area contributed by atoms with Crippen molar-refractivity contribution in [3.63, 3.8) is 0 Å². The van der Waals surface area contributed by atoms with Crippen LogP contribution < -0.4 is 10.2 Å². The average Bonchev–Trinajstić information content (AvgIpc) is 3.07. The number of amides is 2. The number of benzene rings is 2. The number of thiocarbonyl (C=S) groups is 1. The van der Waals surface area contributed by atoms with E-state index in [1.54, 1.807) is 18.2 Å². The SMILES string of the molecule is CCCCCCCCOc1ccc(C=C2SC(=S)N(NC(=O)c3ccccc3C)C2=O)cc1. The fraction of sp³-hybridized carbons (Fsp3) is 0.346. The standard InChI is InChI=1S/C26H30N2O3S2/c1-3-4-5-6-7-10-17-31-21-15-13-20(14-16-21)18-23-25(30)28(26(32)33-23)27-24(29)22-12-9-8-11-19(22)2/h8-9,11-16,18H,3-7,10,17H2,1-2H3,(H,27,29). The van der Waals surface area contributed by atoms with E-state index in [9.17, 15) is 9.59 Å². The van der Waals surface area contributed by atoms with Crippen LogP contribution in [0.5, 0.6) is 5.75 Å². The Morgan fingerprint density at radius 1 is 1.06 bits per heavy atom. The molecular formula is C26H30N2O3S2. The van der Waals surface area contributed by atoms with Crippen molar-refractivity contribution in [3.05, 3.63) is 70.1 Å². The van der Waals surface area contributed by atoms with Gasteiger partial charge >= 0.3 is 0 Å². The minimum Gasteiger partial charge on any atom is -0.494 e. The first-order valence-corrected chi connectivity index (χ1v) is 12.6. The molecule has 0 radical (unpaired) electrons. The molecule has 1 aliphatic heterocycles. The smallest absolute Gasteiger partial charge is 0.285 e. The van der Waals surface area contributed by atoms with E-state index in [1.165, 1.54) is 43.9 Å². The van der Waals surface area contributed by atoms with Crippen LogP contribution >= 0.6 is 24.0 Å². The first-order chi connectivity index (χ1) is 16.0. The van der Waals surface area contributed by atoms with Crippen molar-refractivity contribution in [1.29, 1.82) is 0 Å². The van der Waals surface area contributed by atoms with Crippen LogP contribution in [0.4, 0.5) is 0 Å². The quantitative estimate of drug-likeness (QED) is 0.232. The molecule has 0 saturated carbocycles. The van der Waals surface area contributed by atoms with E-state index in [1.807, 2.05) is 43.3 Å². The zero-order valence-corrected chi connectivity index (χ0v) is 20.8. The molecule has 0 aromatic heterocycles. The van der Waals surface area contributed by atoms with Crippen molar-refractivity contribution >= 4 is 46.2 Å². The lowest BCUT2D eigenvalue weighted by Crippen LogP contribution is -2.45. The van der Waals surface area contributed by atoms with Crippen LogP contribution in [-0.2, 0) is 4.79 Å². The van der Waals surface area contributed by atoms with Crippen molar-refractivity contribution in [2.24, 2.45) is 0 Å². The van der Waals surface area contributed by atoms with Crippen LogP contribution in [0.2, 0.25) is 0 Å². The molecule has 0 atom stereocenters. The lowest BCUT2D eigenvalue weighted by atomic mass is 10.1. The highest BCUT2D eigenvalue weighted by Gasteiger charge is 2.33. The van der Waals surface area contributed by atoms with Crippen molar-refractivity contribution in [3.8, 4) is 5.75 Å². The number of aryl methyl sites for hydroxylation is 1. The maximum atomic E-state index is 12.8. The van der Waals surface area contributed by atoms with Gasteiger partial charge in [-0.25, -0.2) is 0 Å². The molecule has 1 N–H and O–H groups in total. The largest absolute Gasteiger partial charge is 0.494 e. The number of hydrogen-bond acceptors (Lipinski definition) is 5. The molecule has 2 aromatic carbocycles. The number of nitrogens with zero attached hydrogens (tertiary/aromatic N) is 1. The molecule has 3 rings (SSSR count). The van der Waals surface area contributed by atoms with Gasteiger partial charge in [0.15, 0.2) is 4.32 Å². The first kappa shape index (κ1) is 25.0. The second-order valence-corrected chi connectivity index (χ2v) is 9.63. The predicted molar refractivity (Wildman–Crippen MR) is 139 cm³/mol. The van der Waals surface area contributed by atoms with Crippen LogP contribution in [-0.4, -0.2) is 27.8 Å². The highest BCUT2D eigenvalue weighted by atomic mass is 32.2. The van der Waals surface area contributed by atoms with Crippen LogP contribution in [0.1, 0.15) is 66.9 Å². The lowest BCUT2D eigenvalue weighted by molar-refractivity contribution is -0.123. The Morgan fingerprint density at radius 3 is 2.48 bits per heavy atom. The minimum absolute atomic E-state index is 0.298. The van der Waals surface area contributed by atoms with Gasteiger partial charge in [-0.2, -0.15) is 5.01 Å². The molecular weight excluding hydrogens is 452 g/mol. The van der Waals surface area contributed by atoms with Crippen molar-refractivity contribution in [2.45, 2.75) is 52.4 Å². The molecule has 33 heavy (non-hydrogen) atoms. The van der Waals surface area contributed by atoms with Gasteiger partial charge in [0.1, 0.15) is 5.75 Å². The maximum absolute atomic E-state index is 12.8. The van der Waals surface area contributed by atoms with Crippen molar-refractivity contribution in [2.75, 3.05) is 6.61 Å². The Balaban J connectivity index is 1.53. The number of nitrogens with one attached hydrogen (secondary N) is 1. The zero-order valence-electron chi connectivity index (χ0n) is 19.1. The summed E-state index contributed by atoms with van der Waals surface area (Å²) in [5.41, 5.74) is 4.83. The lowest BCUT2D eigenvalue weighted by Gasteiger charge is -2.16. The summed E-state index contributed by atoms with van der Waals surface area (Å²) in [7, 11) is 0. The Bertz CT molecular complexity index is 1020. The summed E-state index contributed by atoms with van der Waals surface area (Å²) in [5.74, 6) is 0.117. The molecule has 0 spiro atoms. The number of rotatable bonds is 11. The van der Waals surface area contributed by atoms with Gasteiger partial charge in [0.05, 0.1) is 11.5 Å². The van der Waals surface area contributed by atoms with E-state index in [2.05, 4.69) is 12.3 Å². The van der Waals surface area contributed by atoms with Crippen LogP contribution in [0.3, 0.4) is 0 Å². The van der Waals surface area contributed by atoms with Crippen LogP contribution in [0.25, 0.3) is 6.08 Å². The third kappa shape index (κ3) is 7.17. The van der Waals surface area contributed by atoms with E-state index < -0.39 is 0 Å². The van der Waals surface area contributed by atoms with Crippen LogP contribution in [0, 0.1) is 6.92 Å². The Morgan fingerprint density at radius 2 is 1.76 bits per heavy atom. The van der Waals surface area contributed by atoms with Gasteiger partial charge in [0, 0.05) is 5.56 Å². The number of thioether (sulfide) groups is 1. The highest BCUT2D eigenvalue weighted by molar-refractivity contribution is 8.26. The zero-order chi connectivity index (χ0) is 23.6. The third-order valence-electron chi connectivity index (χ3n) is 5.34. The first-order valence-electron chi connectivity index (χ1n) is 11.4. The van der Waals surface area contributed by atoms with Crippen LogP contribution in [0.15, 0.2) is 53.4 Å². The fourth-order valence-corrected chi connectivity index (χ4v) is 4.62. The Labute approximate surface area is 205 Å². The summed E-state index contributed by atoms with van der Waals surface area (Å²) in [6, 6.07) is 14.8. The summed E-state index contributed by atoms with van der Waals surface area (Å²) < 4.78 is 6.12. The highest BCUT2D eigenvalue weighted by Crippen LogP contribution is 2.31. The second kappa shape index (κ2) is 12.6. The number of unbranched alkanes of at least 4 members (excludes halogenated alkanes) is 5. The summed E-state index contributed by atoms with van der Waals surface area (Å²) in [4.78, 5) is 25.9. The van der Waals surface area contributed by atoms with Gasteiger partial charge in [-0.15, -0.1) is 0 Å². The average molecular weight is 483 g/mol. The topological polar surface area (TPSA) is 58.6 Å². The summed E-state index contributed by atoms with van der Waals surface area (Å²) in [6.07, 6.45) is 9.15. The Hall–Kier alpha value is -2.64. The number of hydrazine groups is 1. The van der Waals surface area contributed by atoms with E-state index in [-0.39, 0.29) is 11.8 Å². The van der Waals surface area contributed by atoms with E-state index in [0.717, 1.165) is 28.3 Å². The van der Waals surface area contributed by atoms with Gasteiger partial charge in [-0.1, -0.05) is 81.1 Å². The van der Waals surface area contributed by atoms with E-state index >= 15 is 0 Å². The number of ether oxygens (including phenoxy) is 1. The van der Waals surface area contributed by atoms with Gasteiger partial charge < -0.3 is 4.74 Å². The predicted octanol–water partition coefficient (Wildman–Crippen LogP) is 6.28. The molecule has 7 heteroatoms. The second-order valence-electron chi connectivity index (χ2n) is 7.96. The maximum Gasteiger partial charge on any atom is 0.285 e. The molecule has 2 amide bonds. The van der Waals surface area contributed by atoms with Gasteiger partial charge in [0.2, 0.25) is 0 Å². The van der Waals surface area contributed by atoms with Gasteiger partial charge in [0.25, 0.3) is 11.8 Å². The van der Waals surface area contributed by atoms with E-state index in [4.69, 9.17) is 17.0 Å². The third-order valence-corrected chi connectivity index (χ3v) is 6.64. The molecule has 1 aliphatic rings. The van der Waals surface area contributed by atoms with Crippen molar-refractivity contribution < 1.29 is 14.3 Å². The minimum atomic E-state index is -0.363. The molecule has 0 unspecified atom stereocenters. The van der Waals surface area contributed by atoms with Gasteiger partial charge in [-0.05, 0) is 61.0 Å². The normalized spacial score (nSPS) is 14.7. The number of hydrogen-bond donors (Lipinski definition) is 1. The molecule has 2 aromatic rings. The number of carbonyl (C=O) groups excluding carboxylic acids is 2. The number of carbonyl (C=O) groups is 2. The molecule has 1 fully saturated rings. The summed E-state index contributed by atoms with van der Waals surface area (Å²) in [5, 5.41) is 1.14. The van der Waals surface area contributed by atoms with E-state index in [0.29, 0.717) is 21.4 Å². The molecule has 174 valence electrons. The van der Waals surface area contributed by atoms with Crippen molar-refractivity contribution in [1.82, 2.24) is 10.4 Å². The Kier molecular flexibility index (Phi) is 9.51. The molecule has 1 heterocycles. The fourth-order valence-electron chi connectivity index (χ4n) is 3.44. The molecule has 1 saturated heterocycles. The van der Waals surface area contributed by atoms with Gasteiger partial charge in [-0.3, -0.25) is 15.0 Å². The summed E-state index contributed by atoms with van der Waals surface area (Å²) >= 11 is 6.49. The molecule has 0 bridgehead atoms.